The quantitative estimate of drug-likeness (QED) is 0.825. The summed E-state index contributed by atoms with van der Waals surface area (Å²) >= 11 is 0. The fourth-order valence-electron chi connectivity index (χ4n) is 3.74. The van der Waals surface area contributed by atoms with Crippen molar-refractivity contribution in [3.8, 4) is 17.3 Å². The van der Waals surface area contributed by atoms with Crippen LogP contribution < -0.4 is 0 Å². The van der Waals surface area contributed by atoms with E-state index in [1.807, 2.05) is 25.1 Å². The molecule has 1 aliphatic carbocycles. The van der Waals surface area contributed by atoms with Crippen molar-refractivity contribution in [1.29, 1.82) is 5.26 Å². The molecule has 24 heavy (non-hydrogen) atoms. The second-order valence-electron chi connectivity index (χ2n) is 6.53. The second kappa shape index (κ2) is 6.26. The van der Waals surface area contributed by atoms with E-state index in [0.29, 0.717) is 5.56 Å². The van der Waals surface area contributed by atoms with Crippen molar-refractivity contribution < 1.29 is 4.74 Å². The van der Waals surface area contributed by atoms with Crippen LogP contribution in [0.4, 0.5) is 0 Å². The number of hydrogen-bond donors (Lipinski definition) is 0. The highest BCUT2D eigenvalue weighted by Gasteiger charge is 2.27. The Hall–Kier alpha value is -2.38. The van der Waals surface area contributed by atoms with E-state index in [1.165, 1.54) is 12.1 Å². The van der Waals surface area contributed by atoms with E-state index < -0.39 is 0 Å². The zero-order valence-electron chi connectivity index (χ0n) is 14.0. The summed E-state index contributed by atoms with van der Waals surface area (Å²) in [5, 5.41) is 14.5. The van der Waals surface area contributed by atoms with Crippen LogP contribution in [0.25, 0.3) is 17.3 Å². The molecule has 1 aliphatic heterocycles. The highest BCUT2D eigenvalue weighted by atomic mass is 16.5. The van der Waals surface area contributed by atoms with Crippen LogP contribution in [0.15, 0.2) is 24.3 Å². The van der Waals surface area contributed by atoms with Gasteiger partial charge in [-0.05, 0) is 50.7 Å². The molecule has 0 saturated carbocycles. The molecule has 1 atom stereocenters. The summed E-state index contributed by atoms with van der Waals surface area (Å²) in [6.45, 7) is 2.85. The number of aromatic nitrogens is 2. The van der Waals surface area contributed by atoms with Gasteiger partial charge in [-0.15, -0.1) is 0 Å². The fraction of sp³-hybridized carbons (Fsp3) is 0.400. The predicted molar refractivity (Wildman–Crippen MR) is 93.3 cm³/mol. The number of rotatable bonds is 2. The lowest BCUT2D eigenvalue weighted by Gasteiger charge is -2.25. The molecule has 1 unspecified atom stereocenters. The molecule has 0 N–H and O–H groups in total. The van der Waals surface area contributed by atoms with Crippen molar-refractivity contribution in [3.05, 3.63) is 46.7 Å². The zero-order valence-corrected chi connectivity index (χ0v) is 14.0. The standard InChI is InChI=1S/C20H21N3O/c1-14-7-6-8-15(13-21)19(14)20-16-9-2-3-10-17(16)23(22-20)18-11-4-5-12-24-18/h2,6-9,18H,3-5,10-12H2,1H3. The summed E-state index contributed by atoms with van der Waals surface area (Å²) < 4.78 is 8.06. The lowest BCUT2D eigenvalue weighted by molar-refractivity contribution is -0.0410. The van der Waals surface area contributed by atoms with Gasteiger partial charge in [0.1, 0.15) is 5.69 Å². The van der Waals surface area contributed by atoms with Crippen LogP contribution in [0, 0.1) is 18.3 Å². The average molecular weight is 319 g/mol. The molecule has 2 heterocycles. The molecule has 2 aromatic rings. The van der Waals surface area contributed by atoms with Gasteiger partial charge in [0.2, 0.25) is 0 Å². The molecule has 0 spiro atoms. The van der Waals surface area contributed by atoms with Gasteiger partial charge in [0.15, 0.2) is 6.23 Å². The number of hydrogen-bond acceptors (Lipinski definition) is 3. The van der Waals surface area contributed by atoms with E-state index in [-0.39, 0.29) is 6.23 Å². The first kappa shape index (κ1) is 15.2. The van der Waals surface area contributed by atoms with Crippen LogP contribution in [0.1, 0.15) is 54.3 Å². The largest absolute Gasteiger partial charge is 0.357 e. The molecule has 4 nitrogen and oxygen atoms in total. The molecule has 0 amide bonds. The molecule has 4 rings (SSSR count). The number of aryl methyl sites for hydroxylation is 1. The van der Waals surface area contributed by atoms with Crippen molar-refractivity contribution in [2.24, 2.45) is 0 Å². The fourth-order valence-corrected chi connectivity index (χ4v) is 3.74. The Balaban J connectivity index is 1.90. The van der Waals surface area contributed by atoms with Gasteiger partial charge in [0, 0.05) is 23.4 Å². The number of ether oxygens (including phenoxy) is 1. The predicted octanol–water partition coefficient (Wildman–Crippen LogP) is 4.39. The van der Waals surface area contributed by atoms with Gasteiger partial charge in [-0.25, -0.2) is 4.68 Å². The lowest BCUT2D eigenvalue weighted by Crippen LogP contribution is -2.21. The van der Waals surface area contributed by atoms with Gasteiger partial charge >= 0.3 is 0 Å². The van der Waals surface area contributed by atoms with Crippen LogP contribution in [0.2, 0.25) is 0 Å². The summed E-state index contributed by atoms with van der Waals surface area (Å²) in [4.78, 5) is 0. The van der Waals surface area contributed by atoms with Gasteiger partial charge in [0.25, 0.3) is 0 Å². The highest BCUT2D eigenvalue weighted by molar-refractivity contribution is 5.80. The normalized spacial score (nSPS) is 19.8. The van der Waals surface area contributed by atoms with E-state index >= 15 is 0 Å². The van der Waals surface area contributed by atoms with Gasteiger partial charge in [-0.1, -0.05) is 24.3 Å². The Morgan fingerprint density at radius 3 is 3.04 bits per heavy atom. The molecular weight excluding hydrogens is 298 g/mol. The van der Waals surface area contributed by atoms with Crippen LogP contribution in [-0.2, 0) is 11.2 Å². The Labute approximate surface area is 142 Å². The van der Waals surface area contributed by atoms with Crippen LogP contribution in [0.3, 0.4) is 0 Å². The van der Waals surface area contributed by atoms with Crippen molar-refractivity contribution in [2.45, 2.75) is 45.3 Å². The molecule has 0 bridgehead atoms. The second-order valence-corrected chi connectivity index (χ2v) is 6.53. The Bertz CT molecular complexity index is 835. The molecule has 1 fully saturated rings. The Morgan fingerprint density at radius 1 is 1.33 bits per heavy atom. The van der Waals surface area contributed by atoms with Crippen molar-refractivity contribution in [3.63, 3.8) is 0 Å². The number of nitriles is 1. The maximum absolute atomic E-state index is 9.54. The number of allylic oxidation sites excluding steroid dienone is 1. The molecule has 1 saturated heterocycles. The summed E-state index contributed by atoms with van der Waals surface area (Å²) in [5.41, 5.74) is 6.05. The average Bonchev–Trinajstić information content (AvgIpc) is 3.01. The third-order valence-electron chi connectivity index (χ3n) is 4.94. The summed E-state index contributed by atoms with van der Waals surface area (Å²) in [6.07, 6.45) is 9.72. The van der Waals surface area contributed by atoms with E-state index in [9.17, 15) is 5.26 Å². The van der Waals surface area contributed by atoms with Gasteiger partial charge in [0.05, 0.1) is 11.6 Å². The van der Waals surface area contributed by atoms with Crippen LogP contribution >= 0.6 is 0 Å². The molecular formula is C20H21N3O. The van der Waals surface area contributed by atoms with E-state index in [0.717, 1.165) is 54.7 Å². The molecule has 0 radical (unpaired) electrons. The van der Waals surface area contributed by atoms with E-state index in [2.05, 4.69) is 22.9 Å². The van der Waals surface area contributed by atoms with Gasteiger partial charge in [-0.2, -0.15) is 10.4 Å². The lowest BCUT2D eigenvalue weighted by atomic mass is 9.94. The van der Waals surface area contributed by atoms with Crippen LogP contribution in [0.5, 0.6) is 0 Å². The van der Waals surface area contributed by atoms with Crippen LogP contribution in [-0.4, -0.2) is 16.4 Å². The molecule has 1 aromatic carbocycles. The molecule has 122 valence electrons. The summed E-state index contributed by atoms with van der Waals surface area (Å²) in [7, 11) is 0. The minimum atomic E-state index is 0.0299. The van der Waals surface area contributed by atoms with Crippen molar-refractivity contribution in [1.82, 2.24) is 9.78 Å². The van der Waals surface area contributed by atoms with E-state index in [4.69, 9.17) is 9.84 Å². The molecule has 1 aromatic heterocycles. The number of benzene rings is 1. The third kappa shape index (κ3) is 2.46. The molecule has 4 heteroatoms. The minimum Gasteiger partial charge on any atom is -0.357 e. The van der Waals surface area contributed by atoms with Crippen molar-refractivity contribution >= 4 is 6.08 Å². The first-order chi connectivity index (χ1) is 11.8. The first-order valence-electron chi connectivity index (χ1n) is 8.69. The Morgan fingerprint density at radius 2 is 2.25 bits per heavy atom. The van der Waals surface area contributed by atoms with Gasteiger partial charge in [-0.3, -0.25) is 0 Å². The summed E-state index contributed by atoms with van der Waals surface area (Å²) in [5.74, 6) is 0. The minimum absolute atomic E-state index is 0.0299. The first-order valence-corrected chi connectivity index (χ1v) is 8.69. The SMILES string of the molecule is Cc1cccc(C#N)c1-c1nn(C2CCCCO2)c2c1C=CCC2. The van der Waals surface area contributed by atoms with Gasteiger partial charge < -0.3 is 4.74 Å². The highest BCUT2D eigenvalue weighted by Crippen LogP contribution is 2.36. The summed E-state index contributed by atoms with van der Waals surface area (Å²) in [6, 6.07) is 8.18. The Kier molecular flexibility index (Phi) is 3.95. The number of fused-ring (bicyclic) bond motifs is 1. The topological polar surface area (TPSA) is 50.8 Å². The third-order valence-corrected chi connectivity index (χ3v) is 4.94. The van der Waals surface area contributed by atoms with E-state index in [1.54, 1.807) is 0 Å². The maximum atomic E-state index is 9.54. The number of nitrogens with zero attached hydrogens (tertiary/aromatic N) is 3. The maximum Gasteiger partial charge on any atom is 0.150 e. The smallest absolute Gasteiger partial charge is 0.150 e. The zero-order chi connectivity index (χ0) is 16.5. The monoisotopic (exact) mass is 319 g/mol. The van der Waals surface area contributed by atoms with Crippen molar-refractivity contribution in [2.75, 3.05) is 6.61 Å². The molecule has 2 aliphatic rings.